The van der Waals surface area contributed by atoms with Gasteiger partial charge in [0.05, 0.1) is 22.6 Å². The third kappa shape index (κ3) is 6.36. The number of carbonyl (C=O) groups excluding carboxylic acids is 1. The predicted molar refractivity (Wildman–Crippen MR) is 126 cm³/mol. The van der Waals surface area contributed by atoms with Crippen LogP contribution in [0.3, 0.4) is 0 Å². The number of rotatable bonds is 6. The van der Waals surface area contributed by atoms with Gasteiger partial charge in [-0.05, 0) is 49.2 Å². The Morgan fingerprint density at radius 3 is 2.38 bits per heavy atom. The minimum atomic E-state index is -5.00. The summed E-state index contributed by atoms with van der Waals surface area (Å²) in [4.78, 5) is 27.1. The third-order valence-corrected chi connectivity index (χ3v) is 7.19. The lowest BCUT2D eigenvalue weighted by Gasteiger charge is -2.19. The van der Waals surface area contributed by atoms with E-state index in [4.69, 9.17) is 21.7 Å². The Labute approximate surface area is 215 Å². The van der Waals surface area contributed by atoms with E-state index in [-0.39, 0.29) is 39.3 Å². The molecule has 0 spiro atoms. The van der Waals surface area contributed by atoms with Gasteiger partial charge in [-0.15, -0.1) is 0 Å². The SMILES string of the molecule is O=C(O)CN1CCC(CN2C(=O)/C(=C/c3ccc(-c4cc(C(F)(F)F)cc(C(F)(F)F)c4)o3)SC2=S)C1. The first-order chi connectivity index (χ1) is 17.2. The summed E-state index contributed by atoms with van der Waals surface area (Å²) in [7, 11) is 0. The number of thiocarbonyl (C=S) groups is 1. The van der Waals surface area contributed by atoms with Crippen molar-refractivity contribution in [2.24, 2.45) is 5.92 Å². The molecule has 1 unspecified atom stereocenters. The molecule has 1 aromatic carbocycles. The highest BCUT2D eigenvalue weighted by Gasteiger charge is 2.38. The van der Waals surface area contributed by atoms with E-state index in [0.717, 1.165) is 11.8 Å². The van der Waals surface area contributed by atoms with Gasteiger partial charge >= 0.3 is 18.3 Å². The summed E-state index contributed by atoms with van der Waals surface area (Å²) < 4.78 is 84.8. The molecule has 2 fully saturated rings. The van der Waals surface area contributed by atoms with Crippen molar-refractivity contribution in [1.29, 1.82) is 0 Å². The van der Waals surface area contributed by atoms with Gasteiger partial charge in [-0.25, -0.2) is 0 Å². The number of likely N-dealkylation sites (tertiary alicyclic amines) is 1. The number of benzene rings is 1. The second-order valence-corrected chi connectivity index (χ2v) is 10.2. The molecule has 1 aromatic heterocycles. The Kier molecular flexibility index (Phi) is 7.45. The summed E-state index contributed by atoms with van der Waals surface area (Å²) >= 11 is 6.29. The summed E-state index contributed by atoms with van der Waals surface area (Å²) in [6, 6.07) is 3.71. The quantitative estimate of drug-likeness (QED) is 0.279. The highest BCUT2D eigenvalue weighted by atomic mass is 32.2. The lowest BCUT2D eigenvalue weighted by molar-refractivity contribution is -0.143. The number of amides is 1. The molecule has 2 aromatic rings. The first-order valence-electron chi connectivity index (χ1n) is 10.8. The average molecular weight is 565 g/mol. The van der Waals surface area contributed by atoms with Crippen LogP contribution in [0.4, 0.5) is 26.3 Å². The average Bonchev–Trinajstić information content (AvgIpc) is 3.49. The molecule has 0 saturated carbocycles. The standard InChI is InChI=1S/C23H18F6N2O4S2/c24-22(25,26)14-5-13(6-15(7-14)23(27,28)29)17-2-1-16(35-17)8-18-20(34)31(21(36)37-18)10-12-3-4-30(9-12)11-19(32)33/h1-2,5-8,12H,3-4,9-11H2,(H,32,33)/b18-8-. The molecule has 0 bridgehead atoms. The number of hydrogen-bond donors (Lipinski definition) is 1. The van der Waals surface area contributed by atoms with Crippen LogP contribution < -0.4 is 0 Å². The molecule has 0 aliphatic carbocycles. The van der Waals surface area contributed by atoms with Crippen molar-refractivity contribution >= 4 is 46.3 Å². The van der Waals surface area contributed by atoms with Crippen molar-refractivity contribution < 1.29 is 45.5 Å². The maximum atomic E-state index is 13.2. The van der Waals surface area contributed by atoms with E-state index in [1.165, 1.54) is 23.1 Å². The normalized spacial score (nSPS) is 20.4. The van der Waals surface area contributed by atoms with E-state index >= 15 is 0 Å². The van der Waals surface area contributed by atoms with Gasteiger partial charge in [-0.1, -0.05) is 24.0 Å². The van der Waals surface area contributed by atoms with Crippen molar-refractivity contribution in [2.75, 3.05) is 26.2 Å². The van der Waals surface area contributed by atoms with Crippen molar-refractivity contribution in [3.8, 4) is 11.3 Å². The van der Waals surface area contributed by atoms with E-state index in [9.17, 15) is 35.9 Å². The first kappa shape index (κ1) is 27.2. The number of halogens is 6. The number of alkyl halides is 6. The number of aliphatic carboxylic acids is 1. The van der Waals surface area contributed by atoms with Gasteiger partial charge in [0.1, 0.15) is 15.8 Å². The summed E-state index contributed by atoms with van der Waals surface area (Å²) in [5.74, 6) is -1.51. The van der Waals surface area contributed by atoms with Crippen LogP contribution in [0.1, 0.15) is 23.3 Å². The van der Waals surface area contributed by atoms with Crippen LogP contribution in [-0.2, 0) is 21.9 Å². The molecule has 2 aliphatic rings. The largest absolute Gasteiger partial charge is 0.480 e. The molecular weight excluding hydrogens is 546 g/mol. The van der Waals surface area contributed by atoms with Gasteiger partial charge in [0, 0.05) is 24.7 Å². The van der Waals surface area contributed by atoms with Gasteiger partial charge in [-0.2, -0.15) is 26.3 Å². The molecule has 0 radical (unpaired) electrons. The fraction of sp³-hybridized carbons (Fsp3) is 0.348. The summed E-state index contributed by atoms with van der Waals surface area (Å²) in [6.07, 6.45) is -7.97. The first-order valence-corrected chi connectivity index (χ1v) is 12.0. The molecule has 6 nitrogen and oxygen atoms in total. The lowest BCUT2D eigenvalue weighted by Crippen LogP contribution is -2.35. The smallest absolute Gasteiger partial charge is 0.416 e. The van der Waals surface area contributed by atoms with Gasteiger partial charge in [0.2, 0.25) is 0 Å². The fourth-order valence-electron chi connectivity index (χ4n) is 4.12. The molecule has 1 atom stereocenters. The van der Waals surface area contributed by atoms with Crippen LogP contribution in [-0.4, -0.2) is 57.3 Å². The molecular formula is C23H18F6N2O4S2. The fourth-order valence-corrected chi connectivity index (χ4v) is 5.38. The number of thioether (sulfide) groups is 1. The maximum Gasteiger partial charge on any atom is 0.416 e. The topological polar surface area (TPSA) is 74.0 Å². The Morgan fingerprint density at radius 2 is 1.78 bits per heavy atom. The van der Waals surface area contributed by atoms with E-state index in [0.29, 0.717) is 38.2 Å². The minimum absolute atomic E-state index is 0.0279. The Morgan fingerprint density at radius 1 is 1.14 bits per heavy atom. The second-order valence-electron chi connectivity index (χ2n) is 8.57. The summed E-state index contributed by atoms with van der Waals surface area (Å²) in [5, 5.41) is 8.93. The number of hydrogen-bond acceptors (Lipinski definition) is 6. The van der Waals surface area contributed by atoms with Crippen molar-refractivity contribution in [1.82, 2.24) is 9.80 Å². The van der Waals surface area contributed by atoms with Crippen molar-refractivity contribution in [3.63, 3.8) is 0 Å². The molecule has 1 N–H and O–H groups in total. The van der Waals surface area contributed by atoms with E-state index in [1.54, 1.807) is 4.90 Å². The Hall–Kier alpha value is -2.84. The number of carbonyl (C=O) groups is 2. The van der Waals surface area contributed by atoms with Gasteiger partial charge in [0.15, 0.2) is 0 Å². The number of nitrogens with zero attached hydrogens (tertiary/aromatic N) is 2. The van der Waals surface area contributed by atoms with E-state index < -0.39 is 40.9 Å². The molecule has 198 valence electrons. The van der Waals surface area contributed by atoms with Gasteiger partial charge in [-0.3, -0.25) is 19.4 Å². The molecule has 2 aliphatic heterocycles. The molecule has 14 heteroatoms. The van der Waals surface area contributed by atoms with Crippen LogP contribution >= 0.6 is 24.0 Å². The molecule has 37 heavy (non-hydrogen) atoms. The number of carboxylic acids is 1. The van der Waals surface area contributed by atoms with Crippen LogP contribution in [0.2, 0.25) is 0 Å². The molecule has 1 amide bonds. The Bertz CT molecular complexity index is 1240. The number of furan rings is 1. The zero-order chi connectivity index (χ0) is 27.1. The maximum absolute atomic E-state index is 13.2. The highest BCUT2D eigenvalue weighted by molar-refractivity contribution is 8.26. The zero-order valence-electron chi connectivity index (χ0n) is 18.7. The second kappa shape index (κ2) is 10.1. The summed E-state index contributed by atoms with van der Waals surface area (Å²) in [6.45, 7) is 1.29. The zero-order valence-corrected chi connectivity index (χ0v) is 20.4. The van der Waals surface area contributed by atoms with Crippen molar-refractivity contribution in [3.05, 3.63) is 52.1 Å². The van der Waals surface area contributed by atoms with Gasteiger partial charge in [0.25, 0.3) is 5.91 Å². The Balaban J connectivity index is 1.52. The monoisotopic (exact) mass is 564 g/mol. The lowest BCUT2D eigenvalue weighted by atomic mass is 10.0. The minimum Gasteiger partial charge on any atom is -0.480 e. The van der Waals surface area contributed by atoms with Crippen LogP contribution in [0.25, 0.3) is 17.4 Å². The van der Waals surface area contributed by atoms with Crippen LogP contribution in [0, 0.1) is 5.92 Å². The molecule has 4 rings (SSSR count). The highest BCUT2D eigenvalue weighted by Crippen LogP contribution is 2.40. The number of carboxylic acid groups (broad SMARTS) is 1. The predicted octanol–water partition coefficient (Wildman–Crippen LogP) is 5.59. The molecule has 3 heterocycles. The molecule has 2 saturated heterocycles. The third-order valence-electron chi connectivity index (χ3n) is 5.82. The van der Waals surface area contributed by atoms with Crippen LogP contribution in [0.15, 0.2) is 39.7 Å². The van der Waals surface area contributed by atoms with Crippen molar-refractivity contribution in [2.45, 2.75) is 18.8 Å². The van der Waals surface area contributed by atoms with Crippen LogP contribution in [0.5, 0.6) is 0 Å². The van der Waals surface area contributed by atoms with E-state index in [2.05, 4.69) is 0 Å². The summed E-state index contributed by atoms with van der Waals surface area (Å²) in [5.41, 5.74) is -3.35. The van der Waals surface area contributed by atoms with Gasteiger partial charge < -0.3 is 9.52 Å². The van der Waals surface area contributed by atoms with E-state index in [1.807, 2.05) is 0 Å².